The molecule has 1 aliphatic rings. The van der Waals surface area contributed by atoms with E-state index in [0.29, 0.717) is 18.7 Å². The van der Waals surface area contributed by atoms with Gasteiger partial charge in [-0.15, -0.1) is 0 Å². The molecule has 1 unspecified atom stereocenters. The third kappa shape index (κ3) is 5.16. The van der Waals surface area contributed by atoms with Crippen molar-refractivity contribution in [3.05, 3.63) is 89.2 Å². The van der Waals surface area contributed by atoms with Gasteiger partial charge in [-0.05, 0) is 54.7 Å². The fraction of sp³-hybridized carbons (Fsp3) is 0.296. The number of ether oxygens (including phenoxy) is 1. The second kappa shape index (κ2) is 10.4. The smallest absolute Gasteiger partial charge is 0.251 e. The molecular weight excluding hydrogens is 444 g/mol. The molecular formula is C27H28N4O2S. The van der Waals surface area contributed by atoms with Gasteiger partial charge in [0.25, 0.3) is 5.91 Å². The van der Waals surface area contributed by atoms with Crippen LogP contribution in [0.4, 0.5) is 0 Å². The molecule has 1 atom stereocenters. The lowest BCUT2D eigenvalue weighted by Crippen LogP contribution is -2.31. The third-order valence-electron chi connectivity index (χ3n) is 6.20. The first-order chi connectivity index (χ1) is 16.7. The van der Waals surface area contributed by atoms with Crippen molar-refractivity contribution in [2.75, 3.05) is 13.2 Å². The van der Waals surface area contributed by atoms with Crippen molar-refractivity contribution < 1.29 is 9.53 Å². The van der Waals surface area contributed by atoms with Gasteiger partial charge < -0.3 is 14.6 Å². The molecule has 1 N–H and O–H groups in total. The van der Waals surface area contributed by atoms with Crippen LogP contribution >= 0.6 is 11.8 Å². The molecule has 2 aromatic heterocycles. The highest BCUT2D eigenvalue weighted by Gasteiger charge is 2.17. The monoisotopic (exact) mass is 472 g/mol. The highest BCUT2D eigenvalue weighted by molar-refractivity contribution is 7.98. The number of carbonyl (C=O) groups is 1. The van der Waals surface area contributed by atoms with E-state index in [-0.39, 0.29) is 12.0 Å². The Morgan fingerprint density at radius 1 is 1.18 bits per heavy atom. The van der Waals surface area contributed by atoms with Gasteiger partial charge in [-0.3, -0.25) is 9.78 Å². The van der Waals surface area contributed by atoms with Gasteiger partial charge in [0.1, 0.15) is 0 Å². The van der Waals surface area contributed by atoms with Crippen LogP contribution < -0.4 is 5.32 Å². The zero-order valence-corrected chi connectivity index (χ0v) is 20.1. The second-order valence-electron chi connectivity index (χ2n) is 8.60. The van der Waals surface area contributed by atoms with Crippen molar-refractivity contribution in [3.8, 4) is 0 Å². The topological polar surface area (TPSA) is 69.0 Å². The Labute approximate surface area is 203 Å². The Kier molecular flexibility index (Phi) is 6.92. The van der Waals surface area contributed by atoms with Gasteiger partial charge in [-0.25, -0.2) is 4.98 Å². The molecule has 34 heavy (non-hydrogen) atoms. The first-order valence-electron chi connectivity index (χ1n) is 11.6. The van der Waals surface area contributed by atoms with Gasteiger partial charge in [-0.1, -0.05) is 48.2 Å². The summed E-state index contributed by atoms with van der Waals surface area (Å²) < 4.78 is 7.79. The first-order valence-corrected chi connectivity index (χ1v) is 12.6. The van der Waals surface area contributed by atoms with E-state index >= 15 is 0 Å². The van der Waals surface area contributed by atoms with E-state index in [4.69, 9.17) is 9.72 Å². The molecule has 5 rings (SSSR count). The van der Waals surface area contributed by atoms with Crippen LogP contribution in [0, 0.1) is 6.92 Å². The highest BCUT2D eigenvalue weighted by Crippen LogP contribution is 2.28. The molecule has 4 aromatic rings. The quantitative estimate of drug-likeness (QED) is 0.366. The van der Waals surface area contributed by atoms with E-state index in [1.807, 2.05) is 36.5 Å². The fourth-order valence-corrected chi connectivity index (χ4v) is 5.27. The number of aryl methyl sites for hydroxylation is 1. The van der Waals surface area contributed by atoms with Crippen LogP contribution in [0.15, 0.2) is 72.1 Å². The Bertz CT molecular complexity index is 1280. The highest BCUT2D eigenvalue weighted by atomic mass is 32.2. The summed E-state index contributed by atoms with van der Waals surface area (Å²) in [5.41, 5.74) is 6.31. The number of benzene rings is 2. The summed E-state index contributed by atoms with van der Waals surface area (Å²) in [6.07, 6.45) is 5.87. The van der Waals surface area contributed by atoms with E-state index in [2.05, 4.69) is 46.1 Å². The third-order valence-corrected chi connectivity index (χ3v) is 7.23. The predicted octanol–water partition coefficient (Wildman–Crippen LogP) is 4.99. The SMILES string of the molecule is Cc1ccccc1CSc1nc2ccncc2n1Cc1ccc(C(=O)NCC2CCCO2)cc1. The van der Waals surface area contributed by atoms with Gasteiger partial charge in [-0.2, -0.15) is 0 Å². The molecule has 1 amide bonds. The molecule has 3 heterocycles. The van der Waals surface area contributed by atoms with Crippen LogP contribution in [-0.4, -0.2) is 39.7 Å². The number of imidazole rings is 1. The molecule has 6 nitrogen and oxygen atoms in total. The zero-order valence-electron chi connectivity index (χ0n) is 19.2. The number of nitrogens with one attached hydrogen (secondary N) is 1. The number of aromatic nitrogens is 3. The largest absolute Gasteiger partial charge is 0.376 e. The van der Waals surface area contributed by atoms with Crippen molar-refractivity contribution in [3.63, 3.8) is 0 Å². The number of amides is 1. The Balaban J connectivity index is 1.31. The van der Waals surface area contributed by atoms with Gasteiger partial charge in [0.2, 0.25) is 0 Å². The second-order valence-corrected chi connectivity index (χ2v) is 9.54. The number of rotatable bonds is 8. The van der Waals surface area contributed by atoms with E-state index < -0.39 is 0 Å². The maximum atomic E-state index is 12.5. The number of pyridine rings is 1. The lowest BCUT2D eigenvalue weighted by atomic mass is 10.1. The van der Waals surface area contributed by atoms with E-state index in [9.17, 15) is 4.79 Å². The molecule has 0 bridgehead atoms. The maximum Gasteiger partial charge on any atom is 0.251 e. The molecule has 1 fully saturated rings. The van der Waals surface area contributed by atoms with Crippen LogP contribution in [0.1, 0.15) is 39.9 Å². The number of carbonyl (C=O) groups excluding carboxylic acids is 1. The Hall–Kier alpha value is -3.16. The van der Waals surface area contributed by atoms with E-state index in [1.165, 1.54) is 11.1 Å². The number of hydrogen-bond donors (Lipinski definition) is 1. The summed E-state index contributed by atoms with van der Waals surface area (Å²) in [5, 5.41) is 3.95. The molecule has 0 spiro atoms. The minimum atomic E-state index is -0.0613. The summed E-state index contributed by atoms with van der Waals surface area (Å²) in [6, 6.07) is 18.2. The summed E-state index contributed by atoms with van der Waals surface area (Å²) in [6.45, 7) is 4.16. The Morgan fingerprint density at radius 2 is 2.03 bits per heavy atom. The normalized spacial score (nSPS) is 15.6. The van der Waals surface area contributed by atoms with Gasteiger partial charge >= 0.3 is 0 Å². The van der Waals surface area contributed by atoms with Crippen molar-refractivity contribution in [2.45, 2.75) is 43.3 Å². The number of thioether (sulfide) groups is 1. The molecule has 1 saturated heterocycles. The van der Waals surface area contributed by atoms with Crippen molar-refractivity contribution >= 4 is 28.7 Å². The Morgan fingerprint density at radius 3 is 2.82 bits per heavy atom. The van der Waals surface area contributed by atoms with Crippen molar-refractivity contribution in [2.24, 2.45) is 0 Å². The molecule has 0 saturated carbocycles. The van der Waals surface area contributed by atoms with Crippen molar-refractivity contribution in [1.82, 2.24) is 19.9 Å². The minimum Gasteiger partial charge on any atom is -0.376 e. The van der Waals surface area contributed by atoms with Crippen molar-refractivity contribution in [1.29, 1.82) is 0 Å². The maximum absolute atomic E-state index is 12.5. The van der Waals surface area contributed by atoms with Gasteiger partial charge in [0.15, 0.2) is 5.16 Å². The van der Waals surface area contributed by atoms with Crippen LogP contribution in [-0.2, 0) is 17.0 Å². The van der Waals surface area contributed by atoms with Gasteiger partial charge in [0.05, 0.1) is 29.9 Å². The number of nitrogens with zero attached hydrogens (tertiary/aromatic N) is 3. The van der Waals surface area contributed by atoms with Gasteiger partial charge in [0, 0.05) is 30.7 Å². The summed E-state index contributed by atoms with van der Waals surface area (Å²) in [4.78, 5) is 21.7. The summed E-state index contributed by atoms with van der Waals surface area (Å²) >= 11 is 1.73. The summed E-state index contributed by atoms with van der Waals surface area (Å²) in [7, 11) is 0. The lowest BCUT2D eigenvalue weighted by molar-refractivity contribution is 0.0858. The molecule has 0 radical (unpaired) electrons. The average Bonchev–Trinajstić information content (AvgIpc) is 3.51. The zero-order chi connectivity index (χ0) is 23.3. The van der Waals surface area contributed by atoms with E-state index in [0.717, 1.165) is 47.0 Å². The minimum absolute atomic E-state index is 0.0613. The predicted molar refractivity (Wildman–Crippen MR) is 135 cm³/mol. The molecule has 2 aromatic carbocycles. The standard InChI is InChI=1S/C27H28N4O2S/c1-19-5-2-3-6-22(19)18-34-27-30-24-12-13-28-16-25(24)31(27)17-20-8-10-21(11-9-20)26(32)29-15-23-7-4-14-33-23/h2-3,5-6,8-13,16,23H,4,7,14-15,17-18H2,1H3,(H,29,32). The van der Waals surface area contributed by atoms with Crippen LogP contribution in [0.2, 0.25) is 0 Å². The average molecular weight is 473 g/mol. The number of fused-ring (bicyclic) bond motifs is 1. The fourth-order valence-electron chi connectivity index (χ4n) is 4.18. The van der Waals surface area contributed by atoms with Crippen LogP contribution in [0.25, 0.3) is 11.0 Å². The molecule has 1 aliphatic heterocycles. The molecule has 0 aliphatic carbocycles. The molecule has 7 heteroatoms. The number of hydrogen-bond acceptors (Lipinski definition) is 5. The van der Waals surface area contributed by atoms with Crippen LogP contribution in [0.3, 0.4) is 0 Å². The van der Waals surface area contributed by atoms with Crippen LogP contribution in [0.5, 0.6) is 0 Å². The lowest BCUT2D eigenvalue weighted by Gasteiger charge is -2.12. The first kappa shape index (κ1) is 22.6. The molecule has 174 valence electrons. The summed E-state index contributed by atoms with van der Waals surface area (Å²) in [5.74, 6) is 0.793. The van der Waals surface area contributed by atoms with E-state index in [1.54, 1.807) is 18.0 Å².